The number of hydrogen-bond acceptors (Lipinski definition) is 2. The van der Waals surface area contributed by atoms with Crippen LogP contribution in [0.3, 0.4) is 0 Å². The lowest BCUT2D eigenvalue weighted by Crippen LogP contribution is -2.09. The van der Waals surface area contributed by atoms with Gasteiger partial charge in [-0.1, -0.05) is 72.3 Å². The molecule has 0 atom stereocenters. The van der Waals surface area contributed by atoms with Crippen LogP contribution in [0.5, 0.6) is 0 Å². The van der Waals surface area contributed by atoms with Gasteiger partial charge in [-0.15, -0.1) is 0 Å². The van der Waals surface area contributed by atoms with Gasteiger partial charge in [0.15, 0.2) is 0 Å². The van der Waals surface area contributed by atoms with Gasteiger partial charge in [-0.3, -0.25) is 0 Å². The smallest absolute Gasteiger partial charge is 0.0450 e. The molecule has 2 nitrogen and oxygen atoms in total. The highest BCUT2D eigenvalue weighted by Gasteiger charge is 2.08. The van der Waals surface area contributed by atoms with Gasteiger partial charge in [0.25, 0.3) is 0 Å². The van der Waals surface area contributed by atoms with Gasteiger partial charge in [0, 0.05) is 35.0 Å². The summed E-state index contributed by atoms with van der Waals surface area (Å²) in [5.41, 5.74) is 4.82. The van der Waals surface area contributed by atoms with Gasteiger partial charge in [0.2, 0.25) is 0 Å². The van der Waals surface area contributed by atoms with Crippen LogP contribution in [0.1, 0.15) is 16.7 Å². The van der Waals surface area contributed by atoms with E-state index in [1.165, 1.54) is 5.56 Å². The molecule has 3 rings (SSSR count). The molecule has 3 aromatic rings. The van der Waals surface area contributed by atoms with Crippen molar-refractivity contribution in [2.75, 3.05) is 5.32 Å². The van der Waals surface area contributed by atoms with E-state index in [0.717, 1.165) is 28.4 Å². The first-order valence-corrected chi connectivity index (χ1v) is 8.29. The maximum atomic E-state index is 8.47. The standard InChI is InChI=1S/C21H19ClN2/c22-18-12-10-16(11-13-18)14-20(23)19-8-4-5-9-21(19)24-15-17-6-2-1-3-7-17/h1-13,23-24H,14-15H2. The van der Waals surface area contributed by atoms with E-state index in [1.807, 2.05) is 66.7 Å². The molecule has 0 spiro atoms. The van der Waals surface area contributed by atoms with E-state index < -0.39 is 0 Å². The van der Waals surface area contributed by atoms with Gasteiger partial charge in [-0.05, 0) is 29.3 Å². The van der Waals surface area contributed by atoms with Gasteiger partial charge < -0.3 is 10.7 Å². The van der Waals surface area contributed by atoms with E-state index >= 15 is 0 Å². The zero-order chi connectivity index (χ0) is 16.8. The summed E-state index contributed by atoms with van der Waals surface area (Å²) >= 11 is 5.93. The molecular weight excluding hydrogens is 316 g/mol. The Hall–Kier alpha value is -2.58. The zero-order valence-corrected chi connectivity index (χ0v) is 14.1. The van der Waals surface area contributed by atoms with Crippen molar-refractivity contribution in [2.24, 2.45) is 0 Å². The van der Waals surface area contributed by atoms with E-state index in [2.05, 4.69) is 17.4 Å². The first-order valence-electron chi connectivity index (χ1n) is 7.91. The minimum atomic E-state index is 0.585. The topological polar surface area (TPSA) is 35.9 Å². The van der Waals surface area contributed by atoms with Gasteiger partial charge in [-0.2, -0.15) is 0 Å². The molecule has 0 aromatic heterocycles. The molecular formula is C21H19ClN2. The fourth-order valence-corrected chi connectivity index (χ4v) is 2.72. The third kappa shape index (κ3) is 4.24. The molecule has 0 saturated heterocycles. The zero-order valence-electron chi connectivity index (χ0n) is 13.3. The van der Waals surface area contributed by atoms with Crippen molar-refractivity contribution in [3.05, 3.63) is 101 Å². The molecule has 3 heteroatoms. The molecule has 0 unspecified atom stereocenters. The van der Waals surface area contributed by atoms with Crippen molar-refractivity contribution in [1.29, 1.82) is 5.41 Å². The molecule has 2 N–H and O–H groups in total. The fourth-order valence-electron chi connectivity index (χ4n) is 2.60. The lowest BCUT2D eigenvalue weighted by molar-refractivity contribution is 1.14. The van der Waals surface area contributed by atoms with Crippen LogP contribution in [-0.4, -0.2) is 5.71 Å². The first-order chi connectivity index (χ1) is 11.7. The van der Waals surface area contributed by atoms with E-state index in [4.69, 9.17) is 17.0 Å². The molecule has 120 valence electrons. The highest BCUT2D eigenvalue weighted by atomic mass is 35.5. The van der Waals surface area contributed by atoms with Gasteiger partial charge in [0.05, 0.1) is 0 Å². The Balaban J connectivity index is 1.73. The van der Waals surface area contributed by atoms with Crippen molar-refractivity contribution in [3.63, 3.8) is 0 Å². The van der Waals surface area contributed by atoms with Crippen LogP contribution in [0.2, 0.25) is 5.02 Å². The van der Waals surface area contributed by atoms with Crippen LogP contribution in [0.25, 0.3) is 0 Å². The summed E-state index contributed by atoms with van der Waals surface area (Å²) in [7, 11) is 0. The van der Waals surface area contributed by atoms with Crippen molar-refractivity contribution in [2.45, 2.75) is 13.0 Å². The largest absolute Gasteiger partial charge is 0.380 e. The van der Waals surface area contributed by atoms with Gasteiger partial charge >= 0.3 is 0 Å². The first kappa shape index (κ1) is 16.3. The van der Waals surface area contributed by atoms with Crippen LogP contribution >= 0.6 is 11.6 Å². The Labute approximate surface area is 147 Å². The van der Waals surface area contributed by atoms with Crippen molar-refractivity contribution >= 4 is 23.0 Å². The Morgan fingerprint density at radius 2 is 1.46 bits per heavy atom. The van der Waals surface area contributed by atoms with Crippen LogP contribution in [0, 0.1) is 5.41 Å². The van der Waals surface area contributed by atoms with E-state index in [-0.39, 0.29) is 0 Å². The maximum Gasteiger partial charge on any atom is 0.0450 e. The molecule has 0 saturated carbocycles. The SMILES string of the molecule is N=C(Cc1ccc(Cl)cc1)c1ccccc1NCc1ccccc1. The normalized spacial score (nSPS) is 10.4. The second-order valence-electron chi connectivity index (χ2n) is 5.67. The number of nitrogens with one attached hydrogen (secondary N) is 2. The summed E-state index contributed by atoms with van der Waals surface area (Å²) in [4.78, 5) is 0. The average molecular weight is 335 g/mol. The summed E-state index contributed by atoms with van der Waals surface area (Å²) in [5, 5.41) is 12.6. The Bertz CT molecular complexity index is 811. The summed E-state index contributed by atoms with van der Waals surface area (Å²) < 4.78 is 0. The highest BCUT2D eigenvalue weighted by Crippen LogP contribution is 2.19. The third-order valence-corrected chi connectivity index (χ3v) is 4.12. The van der Waals surface area contributed by atoms with Crippen molar-refractivity contribution in [3.8, 4) is 0 Å². The second kappa shape index (κ2) is 7.80. The minimum absolute atomic E-state index is 0.585. The lowest BCUT2D eigenvalue weighted by atomic mass is 10.0. The molecule has 0 radical (unpaired) electrons. The number of anilines is 1. The number of hydrogen-bond donors (Lipinski definition) is 2. The van der Waals surface area contributed by atoms with E-state index in [0.29, 0.717) is 12.1 Å². The molecule has 0 heterocycles. The van der Waals surface area contributed by atoms with Crippen LogP contribution in [-0.2, 0) is 13.0 Å². The minimum Gasteiger partial charge on any atom is -0.380 e. The predicted octanol–water partition coefficient (Wildman–Crippen LogP) is 5.56. The Morgan fingerprint density at radius 3 is 2.21 bits per heavy atom. The molecule has 0 aliphatic heterocycles. The number of benzene rings is 3. The summed E-state index contributed by atoms with van der Waals surface area (Å²) in [6, 6.07) is 25.9. The van der Waals surface area contributed by atoms with Crippen molar-refractivity contribution in [1.82, 2.24) is 0 Å². The summed E-state index contributed by atoms with van der Waals surface area (Å²) in [5.74, 6) is 0. The van der Waals surface area contributed by atoms with Crippen LogP contribution < -0.4 is 5.32 Å². The molecule has 24 heavy (non-hydrogen) atoms. The predicted molar refractivity (Wildman–Crippen MR) is 102 cm³/mol. The monoisotopic (exact) mass is 334 g/mol. The third-order valence-electron chi connectivity index (χ3n) is 3.87. The van der Waals surface area contributed by atoms with Crippen LogP contribution in [0.4, 0.5) is 5.69 Å². The molecule has 0 fully saturated rings. The number of rotatable bonds is 6. The van der Waals surface area contributed by atoms with E-state index in [1.54, 1.807) is 0 Å². The second-order valence-corrected chi connectivity index (χ2v) is 6.10. The fraction of sp³-hybridized carbons (Fsp3) is 0.0952. The molecule has 0 aliphatic rings. The molecule has 0 bridgehead atoms. The van der Waals surface area contributed by atoms with Gasteiger partial charge in [-0.25, -0.2) is 0 Å². The Morgan fingerprint density at radius 1 is 0.792 bits per heavy atom. The Kier molecular flexibility index (Phi) is 5.29. The van der Waals surface area contributed by atoms with Crippen molar-refractivity contribution < 1.29 is 0 Å². The maximum absolute atomic E-state index is 8.47. The highest BCUT2D eigenvalue weighted by molar-refractivity contribution is 6.30. The number of para-hydroxylation sites is 1. The summed E-state index contributed by atoms with van der Waals surface area (Å²) in [6.07, 6.45) is 0.585. The van der Waals surface area contributed by atoms with E-state index in [9.17, 15) is 0 Å². The number of halogens is 1. The molecule has 0 amide bonds. The quantitative estimate of drug-likeness (QED) is 0.568. The molecule has 0 aliphatic carbocycles. The molecule has 3 aromatic carbocycles. The summed E-state index contributed by atoms with van der Waals surface area (Å²) in [6.45, 7) is 0.742. The lowest BCUT2D eigenvalue weighted by Gasteiger charge is -2.13. The van der Waals surface area contributed by atoms with Crippen LogP contribution in [0.15, 0.2) is 78.9 Å². The average Bonchev–Trinajstić information content (AvgIpc) is 2.63. The van der Waals surface area contributed by atoms with Gasteiger partial charge in [0.1, 0.15) is 0 Å².